The topological polar surface area (TPSA) is 40.5 Å². The highest BCUT2D eigenvalue weighted by atomic mass is 16.3. The van der Waals surface area contributed by atoms with Gasteiger partial charge in [0.1, 0.15) is 0 Å². The van der Waals surface area contributed by atoms with Crippen molar-refractivity contribution in [3.63, 3.8) is 0 Å². The average Bonchev–Trinajstić information content (AvgIpc) is 2.33. The molecule has 0 atom stereocenters. The molecule has 0 saturated heterocycles. The van der Waals surface area contributed by atoms with Crippen LogP contribution in [0.1, 0.15) is 65.7 Å². The van der Waals surface area contributed by atoms with Crippen LogP contribution in [0.4, 0.5) is 0 Å². The summed E-state index contributed by atoms with van der Waals surface area (Å²) in [6.07, 6.45) is 8.30. The highest BCUT2D eigenvalue weighted by Gasteiger charge is 2.22. The zero-order chi connectivity index (χ0) is 13.6. The number of carbonyl (C=O) groups excluding carboxylic acids is 1. The lowest BCUT2D eigenvalue weighted by Gasteiger charge is -2.29. The Morgan fingerprint density at radius 1 is 1.28 bits per heavy atom. The van der Waals surface area contributed by atoms with Gasteiger partial charge in [0.2, 0.25) is 5.91 Å². The van der Waals surface area contributed by atoms with E-state index in [1.165, 1.54) is 32.1 Å². The molecule has 18 heavy (non-hydrogen) atoms. The number of carbonyl (C=O) groups is 1. The van der Waals surface area contributed by atoms with Crippen molar-refractivity contribution in [2.24, 2.45) is 5.92 Å². The molecule has 1 aliphatic carbocycles. The molecule has 106 valence electrons. The summed E-state index contributed by atoms with van der Waals surface area (Å²) in [6, 6.07) is 0. The largest absolute Gasteiger partial charge is 0.389 e. The summed E-state index contributed by atoms with van der Waals surface area (Å²) in [5.74, 6) is 0.953. The minimum absolute atomic E-state index is 0.199. The van der Waals surface area contributed by atoms with Crippen molar-refractivity contribution < 1.29 is 9.90 Å². The summed E-state index contributed by atoms with van der Waals surface area (Å²) >= 11 is 0. The van der Waals surface area contributed by atoms with Crippen molar-refractivity contribution in [1.29, 1.82) is 0 Å². The summed E-state index contributed by atoms with van der Waals surface area (Å²) in [5.41, 5.74) is -0.795. The van der Waals surface area contributed by atoms with E-state index >= 15 is 0 Å². The van der Waals surface area contributed by atoms with E-state index in [4.69, 9.17) is 0 Å². The standard InChI is InChI=1S/C15H29NO2/c1-4-16(12-15(2,3)18)14(17)11-10-13-8-6-5-7-9-13/h13,18H,4-12H2,1-3H3. The highest BCUT2D eigenvalue weighted by molar-refractivity contribution is 5.76. The van der Waals surface area contributed by atoms with E-state index in [0.717, 1.165) is 12.3 Å². The molecule has 0 spiro atoms. The van der Waals surface area contributed by atoms with Crippen molar-refractivity contribution in [2.45, 2.75) is 71.3 Å². The fourth-order valence-corrected chi connectivity index (χ4v) is 2.80. The molecule has 0 radical (unpaired) electrons. The van der Waals surface area contributed by atoms with E-state index in [9.17, 15) is 9.90 Å². The van der Waals surface area contributed by atoms with Gasteiger partial charge in [0.15, 0.2) is 0 Å². The molecule has 3 nitrogen and oxygen atoms in total. The Labute approximate surface area is 112 Å². The van der Waals surface area contributed by atoms with Crippen molar-refractivity contribution in [3.8, 4) is 0 Å². The second kappa shape index (κ2) is 7.13. The van der Waals surface area contributed by atoms with Crippen molar-refractivity contribution in [3.05, 3.63) is 0 Å². The Kier molecular flexibility index (Phi) is 6.13. The SMILES string of the molecule is CCN(CC(C)(C)O)C(=O)CCC1CCCCC1. The molecular formula is C15H29NO2. The number of amides is 1. The molecule has 1 aliphatic rings. The van der Waals surface area contributed by atoms with Gasteiger partial charge in [-0.3, -0.25) is 4.79 Å². The van der Waals surface area contributed by atoms with Crippen LogP contribution < -0.4 is 0 Å². The molecule has 1 rings (SSSR count). The first kappa shape index (κ1) is 15.5. The quantitative estimate of drug-likeness (QED) is 0.792. The zero-order valence-electron chi connectivity index (χ0n) is 12.2. The number of rotatable bonds is 6. The van der Waals surface area contributed by atoms with Crippen LogP contribution in [0.25, 0.3) is 0 Å². The molecule has 3 heteroatoms. The van der Waals surface area contributed by atoms with Crippen LogP contribution in [0.2, 0.25) is 0 Å². The molecule has 1 amide bonds. The van der Waals surface area contributed by atoms with Crippen LogP contribution in [0.5, 0.6) is 0 Å². The molecule has 0 aliphatic heterocycles. The summed E-state index contributed by atoms with van der Waals surface area (Å²) in [7, 11) is 0. The third-order valence-corrected chi connectivity index (χ3v) is 3.80. The Balaban J connectivity index is 2.32. The van der Waals surface area contributed by atoms with Gasteiger partial charge in [-0.05, 0) is 33.1 Å². The Morgan fingerprint density at radius 2 is 1.89 bits per heavy atom. The lowest BCUT2D eigenvalue weighted by Crippen LogP contribution is -2.42. The molecule has 0 heterocycles. The summed E-state index contributed by atoms with van der Waals surface area (Å²) in [4.78, 5) is 13.9. The third-order valence-electron chi connectivity index (χ3n) is 3.80. The fourth-order valence-electron chi connectivity index (χ4n) is 2.80. The normalized spacial score (nSPS) is 17.8. The second-order valence-corrected chi connectivity index (χ2v) is 6.26. The smallest absolute Gasteiger partial charge is 0.222 e. The molecule has 0 aromatic carbocycles. The van der Waals surface area contributed by atoms with Crippen LogP contribution in [0.3, 0.4) is 0 Å². The molecule has 0 aromatic rings. The zero-order valence-corrected chi connectivity index (χ0v) is 12.2. The minimum Gasteiger partial charge on any atom is -0.389 e. The molecule has 1 fully saturated rings. The Bertz CT molecular complexity index is 252. The molecule has 1 saturated carbocycles. The molecule has 1 N–H and O–H groups in total. The van der Waals surface area contributed by atoms with E-state index in [-0.39, 0.29) is 5.91 Å². The summed E-state index contributed by atoms with van der Waals surface area (Å²) < 4.78 is 0. The van der Waals surface area contributed by atoms with E-state index in [1.807, 2.05) is 6.92 Å². The highest BCUT2D eigenvalue weighted by Crippen LogP contribution is 2.27. The predicted octanol–water partition coefficient (Wildman–Crippen LogP) is 2.97. The number of aliphatic hydroxyl groups is 1. The van der Waals surface area contributed by atoms with Gasteiger partial charge in [0.05, 0.1) is 5.60 Å². The van der Waals surface area contributed by atoms with E-state index in [1.54, 1.807) is 18.7 Å². The van der Waals surface area contributed by atoms with Gasteiger partial charge in [-0.15, -0.1) is 0 Å². The Hall–Kier alpha value is -0.570. The van der Waals surface area contributed by atoms with Gasteiger partial charge >= 0.3 is 0 Å². The maximum Gasteiger partial charge on any atom is 0.222 e. The molecular weight excluding hydrogens is 226 g/mol. The molecule has 0 bridgehead atoms. The first-order valence-corrected chi connectivity index (χ1v) is 7.42. The molecule has 0 aromatic heterocycles. The monoisotopic (exact) mass is 255 g/mol. The van der Waals surface area contributed by atoms with Gasteiger partial charge in [-0.2, -0.15) is 0 Å². The van der Waals surface area contributed by atoms with Crippen LogP contribution >= 0.6 is 0 Å². The van der Waals surface area contributed by atoms with Crippen molar-refractivity contribution >= 4 is 5.91 Å². The van der Waals surface area contributed by atoms with Gasteiger partial charge in [0, 0.05) is 19.5 Å². The second-order valence-electron chi connectivity index (χ2n) is 6.26. The number of hydrogen-bond donors (Lipinski definition) is 1. The lowest BCUT2D eigenvalue weighted by molar-refractivity contribution is -0.134. The van der Waals surface area contributed by atoms with Gasteiger partial charge < -0.3 is 10.0 Å². The van der Waals surface area contributed by atoms with E-state index in [2.05, 4.69) is 0 Å². The first-order chi connectivity index (χ1) is 8.42. The Morgan fingerprint density at radius 3 is 2.39 bits per heavy atom. The maximum atomic E-state index is 12.1. The van der Waals surface area contributed by atoms with Crippen LogP contribution in [0, 0.1) is 5.92 Å². The van der Waals surface area contributed by atoms with E-state index in [0.29, 0.717) is 19.5 Å². The molecule has 0 unspecified atom stereocenters. The van der Waals surface area contributed by atoms with Gasteiger partial charge in [-0.1, -0.05) is 32.1 Å². The third kappa shape index (κ3) is 5.85. The average molecular weight is 255 g/mol. The van der Waals surface area contributed by atoms with Crippen LogP contribution in [0.15, 0.2) is 0 Å². The predicted molar refractivity (Wildman–Crippen MR) is 74.4 cm³/mol. The number of likely N-dealkylation sites (N-methyl/N-ethyl adjacent to an activating group) is 1. The van der Waals surface area contributed by atoms with Gasteiger partial charge in [0.25, 0.3) is 0 Å². The number of nitrogens with zero attached hydrogens (tertiary/aromatic N) is 1. The van der Waals surface area contributed by atoms with E-state index < -0.39 is 5.60 Å². The number of hydrogen-bond acceptors (Lipinski definition) is 2. The summed E-state index contributed by atoms with van der Waals surface area (Å²) in [6.45, 7) is 6.61. The summed E-state index contributed by atoms with van der Waals surface area (Å²) in [5, 5.41) is 9.79. The minimum atomic E-state index is -0.795. The van der Waals surface area contributed by atoms with Crippen LogP contribution in [-0.4, -0.2) is 34.6 Å². The van der Waals surface area contributed by atoms with Crippen molar-refractivity contribution in [1.82, 2.24) is 4.90 Å². The van der Waals surface area contributed by atoms with Crippen molar-refractivity contribution in [2.75, 3.05) is 13.1 Å². The first-order valence-electron chi connectivity index (χ1n) is 7.42. The maximum absolute atomic E-state index is 12.1. The van der Waals surface area contributed by atoms with Crippen LogP contribution in [-0.2, 0) is 4.79 Å². The van der Waals surface area contributed by atoms with Gasteiger partial charge in [-0.25, -0.2) is 0 Å². The fraction of sp³-hybridized carbons (Fsp3) is 0.933. The lowest BCUT2D eigenvalue weighted by atomic mass is 9.86.